The van der Waals surface area contributed by atoms with Crippen LogP contribution in [0.3, 0.4) is 0 Å². The molecule has 2 aliphatic rings. The average molecular weight is 511 g/mol. The molecule has 0 radical (unpaired) electrons. The number of anilines is 1. The predicted octanol–water partition coefficient (Wildman–Crippen LogP) is 3.60. The van der Waals surface area contributed by atoms with Crippen molar-refractivity contribution in [3.05, 3.63) is 72.4 Å². The van der Waals surface area contributed by atoms with Gasteiger partial charge in [0.1, 0.15) is 5.75 Å². The molecule has 2 aromatic heterocycles. The Kier molecular flexibility index (Phi) is 5.60. The van der Waals surface area contributed by atoms with Gasteiger partial charge in [0.2, 0.25) is 11.7 Å². The van der Waals surface area contributed by atoms with E-state index in [4.69, 9.17) is 9.26 Å². The summed E-state index contributed by atoms with van der Waals surface area (Å²) >= 11 is 0. The van der Waals surface area contributed by atoms with Crippen molar-refractivity contribution in [1.29, 1.82) is 0 Å². The van der Waals surface area contributed by atoms with Gasteiger partial charge >= 0.3 is 6.03 Å². The summed E-state index contributed by atoms with van der Waals surface area (Å²) in [5.74, 6) is 0.537. The number of rotatable bonds is 5. The molecule has 0 unspecified atom stereocenters. The number of carbonyl (C=O) groups is 3. The number of hydrogen-bond acceptors (Lipinski definition) is 9. The van der Waals surface area contributed by atoms with Crippen molar-refractivity contribution < 1.29 is 23.6 Å². The number of urea groups is 1. The molecule has 6 rings (SSSR count). The topological polar surface area (TPSA) is 140 Å². The first-order valence-electron chi connectivity index (χ1n) is 12.0. The second kappa shape index (κ2) is 9.11. The van der Waals surface area contributed by atoms with Crippen LogP contribution in [0.25, 0.3) is 22.8 Å². The Balaban J connectivity index is 1.15. The van der Waals surface area contributed by atoms with Gasteiger partial charge in [-0.25, -0.2) is 9.78 Å². The summed E-state index contributed by atoms with van der Waals surface area (Å²) in [5.41, 5.74) is 1.87. The Morgan fingerprint density at radius 3 is 2.32 bits per heavy atom. The van der Waals surface area contributed by atoms with E-state index in [0.29, 0.717) is 48.4 Å². The Labute approximate surface area is 216 Å². The van der Waals surface area contributed by atoms with Crippen molar-refractivity contribution in [2.75, 3.05) is 11.4 Å². The molecule has 0 aliphatic carbocycles. The van der Waals surface area contributed by atoms with E-state index >= 15 is 0 Å². The maximum absolute atomic E-state index is 12.7. The predicted molar refractivity (Wildman–Crippen MR) is 135 cm³/mol. The number of benzene rings is 2. The van der Waals surface area contributed by atoms with Gasteiger partial charge in [-0.05, 0) is 50.1 Å². The number of nitrogens with zero attached hydrogens (tertiary/aromatic N) is 4. The summed E-state index contributed by atoms with van der Waals surface area (Å²) < 4.78 is 11.3. The highest BCUT2D eigenvalue weighted by Crippen LogP contribution is 2.36. The van der Waals surface area contributed by atoms with Crippen molar-refractivity contribution in [2.24, 2.45) is 0 Å². The molecule has 4 amide bonds. The molecule has 2 saturated heterocycles. The molecular formula is C27H22N6O5. The molecule has 38 heavy (non-hydrogen) atoms. The van der Waals surface area contributed by atoms with Crippen LogP contribution in [0.1, 0.15) is 18.4 Å². The van der Waals surface area contributed by atoms with Crippen LogP contribution in [-0.4, -0.2) is 45.1 Å². The van der Waals surface area contributed by atoms with Gasteiger partial charge in [-0.15, -0.1) is 0 Å². The van der Waals surface area contributed by atoms with Gasteiger partial charge in [-0.3, -0.25) is 20.2 Å². The van der Waals surface area contributed by atoms with E-state index in [2.05, 4.69) is 25.8 Å². The maximum atomic E-state index is 12.7. The molecule has 0 saturated carbocycles. The van der Waals surface area contributed by atoms with Crippen LogP contribution in [-0.2, 0) is 9.59 Å². The Morgan fingerprint density at radius 1 is 0.921 bits per heavy atom. The number of carbonyl (C=O) groups excluding carboxylic acids is 3. The first kappa shape index (κ1) is 23.3. The van der Waals surface area contributed by atoms with Gasteiger partial charge in [-0.2, -0.15) is 4.98 Å². The van der Waals surface area contributed by atoms with E-state index in [1.54, 1.807) is 35.4 Å². The number of amides is 4. The number of aromatic nitrogens is 3. The molecule has 2 aromatic carbocycles. The van der Waals surface area contributed by atoms with E-state index < -0.39 is 23.4 Å². The molecule has 190 valence electrons. The molecule has 2 aliphatic heterocycles. The molecule has 2 fully saturated rings. The van der Waals surface area contributed by atoms with E-state index in [1.165, 1.54) is 0 Å². The summed E-state index contributed by atoms with van der Waals surface area (Å²) in [5, 5.41) is 8.48. The lowest BCUT2D eigenvalue weighted by Crippen LogP contribution is -2.71. The van der Waals surface area contributed by atoms with Crippen LogP contribution < -0.4 is 20.3 Å². The summed E-state index contributed by atoms with van der Waals surface area (Å²) in [6, 6.07) is 17.6. The highest BCUT2D eigenvalue weighted by molar-refractivity contribution is 6.24. The molecule has 4 aromatic rings. The van der Waals surface area contributed by atoms with Gasteiger partial charge < -0.3 is 14.2 Å². The molecular weight excluding hydrogens is 488 g/mol. The van der Waals surface area contributed by atoms with E-state index in [1.807, 2.05) is 43.3 Å². The highest BCUT2D eigenvalue weighted by atomic mass is 16.5. The number of hydrogen-bond donors (Lipinski definition) is 2. The third-order valence-electron chi connectivity index (χ3n) is 6.68. The monoisotopic (exact) mass is 510 g/mol. The average Bonchev–Trinajstić information content (AvgIpc) is 3.58. The normalized spacial score (nSPS) is 16.4. The molecule has 2 N–H and O–H groups in total. The number of imide groups is 2. The van der Waals surface area contributed by atoms with Crippen molar-refractivity contribution in [3.8, 4) is 34.5 Å². The van der Waals surface area contributed by atoms with Crippen LogP contribution in [0.2, 0.25) is 0 Å². The lowest BCUT2D eigenvalue weighted by molar-refractivity contribution is -0.137. The SMILES string of the molecule is Cc1ccc(-c2noc(-c3ccc(Oc4ccc(N5CCCC56C(=O)NC(=O)NC6=O)cn4)cc3)n2)cc1. The van der Waals surface area contributed by atoms with E-state index in [0.717, 1.165) is 16.7 Å². The van der Waals surface area contributed by atoms with Gasteiger partial charge in [0, 0.05) is 23.7 Å². The van der Waals surface area contributed by atoms with Crippen LogP contribution >= 0.6 is 0 Å². The number of barbiturate groups is 1. The standard InChI is InChI=1S/C27H22N6O5/c1-16-3-5-17(6-4-16)22-29-23(38-32-22)18-7-10-20(11-8-18)37-21-12-9-19(15-28-21)33-14-2-13-27(33)24(34)30-26(36)31-25(27)35/h3-12,15H,2,13-14H2,1H3,(H2,30,31,34,35,36). The number of nitrogens with one attached hydrogen (secondary N) is 2. The Morgan fingerprint density at radius 2 is 1.63 bits per heavy atom. The van der Waals surface area contributed by atoms with Gasteiger partial charge in [0.15, 0.2) is 5.54 Å². The Bertz CT molecular complexity index is 1510. The fourth-order valence-corrected chi connectivity index (χ4v) is 4.73. The fourth-order valence-electron chi connectivity index (χ4n) is 4.73. The van der Waals surface area contributed by atoms with Crippen molar-refractivity contribution in [1.82, 2.24) is 25.8 Å². The zero-order chi connectivity index (χ0) is 26.3. The van der Waals surface area contributed by atoms with Crippen LogP contribution in [0.5, 0.6) is 11.6 Å². The highest BCUT2D eigenvalue weighted by Gasteiger charge is 2.57. The number of ether oxygens (including phenoxy) is 1. The lowest BCUT2D eigenvalue weighted by atomic mass is 9.92. The maximum Gasteiger partial charge on any atom is 0.328 e. The second-order valence-corrected chi connectivity index (χ2v) is 9.12. The first-order chi connectivity index (χ1) is 18.4. The third-order valence-corrected chi connectivity index (χ3v) is 6.68. The zero-order valence-corrected chi connectivity index (χ0v) is 20.3. The van der Waals surface area contributed by atoms with Crippen LogP contribution in [0, 0.1) is 6.92 Å². The second-order valence-electron chi connectivity index (χ2n) is 9.12. The third kappa shape index (κ3) is 4.03. The van der Waals surface area contributed by atoms with Crippen molar-refractivity contribution in [3.63, 3.8) is 0 Å². The largest absolute Gasteiger partial charge is 0.439 e. The molecule has 4 heterocycles. The number of pyridine rings is 1. The lowest BCUT2D eigenvalue weighted by Gasteiger charge is -2.38. The Hall–Kier alpha value is -5.06. The summed E-state index contributed by atoms with van der Waals surface area (Å²) in [4.78, 5) is 47.3. The minimum atomic E-state index is -1.47. The van der Waals surface area contributed by atoms with E-state index in [-0.39, 0.29) is 0 Å². The summed E-state index contributed by atoms with van der Waals surface area (Å²) in [7, 11) is 0. The summed E-state index contributed by atoms with van der Waals surface area (Å²) in [6.07, 6.45) is 2.46. The van der Waals surface area contributed by atoms with Gasteiger partial charge in [0.05, 0.1) is 11.9 Å². The smallest absolute Gasteiger partial charge is 0.328 e. The van der Waals surface area contributed by atoms with Gasteiger partial charge in [0.25, 0.3) is 17.7 Å². The molecule has 0 bridgehead atoms. The van der Waals surface area contributed by atoms with Crippen molar-refractivity contribution in [2.45, 2.75) is 25.3 Å². The first-order valence-corrected chi connectivity index (χ1v) is 12.0. The fraction of sp³-hybridized carbons (Fsp3) is 0.185. The molecule has 1 spiro atoms. The minimum absolute atomic E-state index is 0.301. The molecule has 0 atom stereocenters. The summed E-state index contributed by atoms with van der Waals surface area (Å²) in [6.45, 7) is 2.49. The van der Waals surface area contributed by atoms with Gasteiger partial charge in [-0.1, -0.05) is 35.0 Å². The van der Waals surface area contributed by atoms with Crippen molar-refractivity contribution >= 4 is 23.5 Å². The van der Waals surface area contributed by atoms with Crippen LogP contribution in [0.4, 0.5) is 10.5 Å². The van der Waals surface area contributed by atoms with E-state index in [9.17, 15) is 14.4 Å². The number of aryl methyl sites for hydroxylation is 1. The van der Waals surface area contributed by atoms with Crippen LogP contribution in [0.15, 0.2) is 71.4 Å². The minimum Gasteiger partial charge on any atom is -0.439 e. The molecule has 11 nitrogen and oxygen atoms in total. The quantitative estimate of drug-likeness (QED) is 0.385. The molecule has 11 heteroatoms. The zero-order valence-electron chi connectivity index (χ0n) is 20.3.